The number of aromatic nitrogens is 1. The number of H-pyrrole nitrogens is 1. The van der Waals surface area contributed by atoms with Gasteiger partial charge in [0.15, 0.2) is 0 Å². The van der Waals surface area contributed by atoms with Gasteiger partial charge in [0.2, 0.25) is 5.91 Å². The maximum Gasteiger partial charge on any atom is 0.229 e. The number of benzene rings is 1. The first kappa shape index (κ1) is 15.7. The van der Waals surface area contributed by atoms with Crippen molar-refractivity contribution in [2.45, 2.75) is 63.0 Å². The van der Waals surface area contributed by atoms with E-state index >= 15 is 0 Å². The molecule has 2 aromatic rings. The van der Waals surface area contributed by atoms with Gasteiger partial charge in [0.25, 0.3) is 0 Å². The number of aryl methyl sites for hydroxylation is 1. The number of aromatic amines is 1. The van der Waals surface area contributed by atoms with Crippen molar-refractivity contribution in [3.63, 3.8) is 0 Å². The number of nitrogens with one attached hydrogen (secondary N) is 2. The minimum absolute atomic E-state index is 0.0266. The molecule has 1 saturated carbocycles. The van der Waals surface area contributed by atoms with E-state index in [4.69, 9.17) is 4.74 Å². The van der Waals surface area contributed by atoms with E-state index < -0.39 is 0 Å². The van der Waals surface area contributed by atoms with Crippen LogP contribution >= 0.6 is 0 Å². The Morgan fingerprint density at radius 3 is 2.75 bits per heavy atom. The first-order valence-electron chi connectivity index (χ1n) is 9.19. The van der Waals surface area contributed by atoms with Crippen LogP contribution in [-0.4, -0.2) is 30.1 Å². The smallest absolute Gasteiger partial charge is 0.229 e. The van der Waals surface area contributed by atoms with E-state index in [0.29, 0.717) is 12.1 Å². The number of hydrogen-bond donors (Lipinski definition) is 2. The van der Waals surface area contributed by atoms with Gasteiger partial charge in [-0.25, -0.2) is 0 Å². The minimum Gasteiger partial charge on any atom is -0.381 e. The monoisotopic (exact) mass is 326 g/mol. The Morgan fingerprint density at radius 2 is 1.96 bits per heavy atom. The van der Waals surface area contributed by atoms with E-state index in [0.717, 1.165) is 56.2 Å². The third-order valence-corrected chi connectivity index (χ3v) is 5.79. The number of carbonyl (C=O) groups is 1. The third kappa shape index (κ3) is 2.84. The average molecular weight is 326 g/mol. The van der Waals surface area contributed by atoms with Gasteiger partial charge in [-0.15, -0.1) is 0 Å². The molecule has 128 valence electrons. The molecule has 1 aromatic heterocycles. The molecule has 1 atom stereocenters. The Bertz CT molecular complexity index is 728. The summed E-state index contributed by atoms with van der Waals surface area (Å²) >= 11 is 0. The third-order valence-electron chi connectivity index (χ3n) is 5.79. The Morgan fingerprint density at radius 1 is 1.17 bits per heavy atom. The number of rotatable bonds is 3. The first-order valence-corrected chi connectivity index (χ1v) is 9.19. The molecule has 24 heavy (non-hydrogen) atoms. The number of carbonyl (C=O) groups excluding carboxylic acids is 1. The molecule has 1 unspecified atom stereocenters. The van der Waals surface area contributed by atoms with Gasteiger partial charge < -0.3 is 15.0 Å². The summed E-state index contributed by atoms with van der Waals surface area (Å²) in [6, 6.07) is 8.70. The van der Waals surface area contributed by atoms with Crippen molar-refractivity contribution < 1.29 is 9.53 Å². The van der Waals surface area contributed by atoms with Crippen LogP contribution in [0.2, 0.25) is 0 Å². The lowest BCUT2D eigenvalue weighted by Crippen LogP contribution is -2.41. The maximum atomic E-state index is 12.9. The van der Waals surface area contributed by atoms with Gasteiger partial charge in [0.1, 0.15) is 0 Å². The molecule has 4 heteroatoms. The molecule has 0 bridgehead atoms. The fraction of sp³-hybridized carbons (Fsp3) is 0.550. The summed E-state index contributed by atoms with van der Waals surface area (Å²) in [6.45, 7) is 0. The van der Waals surface area contributed by atoms with Crippen molar-refractivity contribution in [1.29, 1.82) is 0 Å². The Hall–Kier alpha value is -1.81. The zero-order chi connectivity index (χ0) is 16.5. The second-order valence-corrected chi connectivity index (χ2v) is 7.23. The lowest BCUT2D eigenvalue weighted by molar-refractivity contribution is -0.124. The van der Waals surface area contributed by atoms with E-state index in [-0.39, 0.29) is 11.8 Å². The van der Waals surface area contributed by atoms with Gasteiger partial charge in [-0.05, 0) is 56.6 Å². The quantitative estimate of drug-likeness (QED) is 0.904. The number of methoxy groups -OCH3 is 1. The molecule has 0 spiro atoms. The second-order valence-electron chi connectivity index (χ2n) is 7.23. The fourth-order valence-electron chi connectivity index (χ4n) is 4.42. The van der Waals surface area contributed by atoms with Gasteiger partial charge >= 0.3 is 0 Å². The summed E-state index contributed by atoms with van der Waals surface area (Å²) in [5, 5.41) is 4.59. The molecular formula is C20H26N2O2. The van der Waals surface area contributed by atoms with Crippen LogP contribution in [0, 0.1) is 0 Å². The Kier molecular flexibility index (Phi) is 4.31. The second kappa shape index (κ2) is 6.60. The van der Waals surface area contributed by atoms with E-state index in [9.17, 15) is 4.79 Å². The summed E-state index contributed by atoms with van der Waals surface area (Å²) in [5.74, 6) is 0.171. The van der Waals surface area contributed by atoms with Crippen molar-refractivity contribution in [1.82, 2.24) is 10.3 Å². The van der Waals surface area contributed by atoms with Crippen LogP contribution in [0.3, 0.4) is 0 Å². The predicted molar refractivity (Wildman–Crippen MR) is 95.2 cm³/mol. The lowest BCUT2D eigenvalue weighted by atomic mass is 9.85. The summed E-state index contributed by atoms with van der Waals surface area (Å²) in [5.41, 5.74) is 3.65. The van der Waals surface area contributed by atoms with E-state index in [2.05, 4.69) is 28.5 Å². The number of ether oxygens (including phenoxy) is 1. The van der Waals surface area contributed by atoms with Crippen molar-refractivity contribution in [3.05, 3.63) is 35.5 Å². The molecular weight excluding hydrogens is 300 g/mol. The van der Waals surface area contributed by atoms with Crippen molar-refractivity contribution in [2.75, 3.05) is 7.11 Å². The number of fused-ring (bicyclic) bond motifs is 3. The van der Waals surface area contributed by atoms with E-state index in [1.807, 2.05) is 6.07 Å². The zero-order valence-corrected chi connectivity index (χ0v) is 14.3. The van der Waals surface area contributed by atoms with Gasteiger partial charge in [0.05, 0.1) is 12.0 Å². The summed E-state index contributed by atoms with van der Waals surface area (Å²) in [6.07, 6.45) is 7.61. The summed E-state index contributed by atoms with van der Waals surface area (Å²) in [7, 11) is 1.78. The predicted octanol–water partition coefficient (Wildman–Crippen LogP) is 3.66. The molecule has 1 heterocycles. The number of hydrogen-bond acceptors (Lipinski definition) is 2. The molecule has 2 aliphatic rings. The highest BCUT2D eigenvalue weighted by Gasteiger charge is 2.31. The molecule has 2 N–H and O–H groups in total. The van der Waals surface area contributed by atoms with Crippen LogP contribution in [0.5, 0.6) is 0 Å². The standard InChI is InChI=1S/C20H26N2O2/c1-24-14-11-9-13(10-12-14)21-20(23)17-7-4-6-16-15-5-2-3-8-18(15)22-19(16)17/h2-3,5,8,13-14,17,22H,4,6-7,9-12H2,1H3,(H,21,23). The largest absolute Gasteiger partial charge is 0.381 e. The molecule has 1 amide bonds. The van der Waals surface area contributed by atoms with Crippen LogP contribution in [0.25, 0.3) is 10.9 Å². The van der Waals surface area contributed by atoms with Crippen molar-refractivity contribution in [2.24, 2.45) is 0 Å². The molecule has 4 rings (SSSR count). The van der Waals surface area contributed by atoms with Gasteiger partial charge in [-0.1, -0.05) is 18.2 Å². The SMILES string of the molecule is COC1CCC(NC(=O)C2CCCc3c2[nH]c2ccccc32)CC1. The molecule has 0 aliphatic heterocycles. The zero-order valence-electron chi connectivity index (χ0n) is 14.3. The summed E-state index contributed by atoms with van der Waals surface area (Å²) < 4.78 is 5.42. The molecule has 2 aliphatic carbocycles. The average Bonchev–Trinajstić information content (AvgIpc) is 3.01. The normalized spacial score (nSPS) is 27.0. The number of amides is 1. The van der Waals surface area contributed by atoms with Gasteiger partial charge in [0, 0.05) is 29.7 Å². The Labute approximate surface area is 143 Å². The molecule has 1 aromatic carbocycles. The van der Waals surface area contributed by atoms with E-state index in [1.54, 1.807) is 7.11 Å². The van der Waals surface area contributed by atoms with Crippen molar-refractivity contribution in [3.8, 4) is 0 Å². The highest BCUT2D eigenvalue weighted by atomic mass is 16.5. The molecule has 0 saturated heterocycles. The minimum atomic E-state index is -0.0266. The molecule has 1 fully saturated rings. The van der Waals surface area contributed by atoms with Crippen LogP contribution in [0.4, 0.5) is 0 Å². The number of para-hydroxylation sites is 1. The van der Waals surface area contributed by atoms with Gasteiger partial charge in [-0.2, -0.15) is 0 Å². The topological polar surface area (TPSA) is 54.1 Å². The maximum absolute atomic E-state index is 12.9. The van der Waals surface area contributed by atoms with E-state index in [1.165, 1.54) is 10.9 Å². The van der Waals surface area contributed by atoms with Crippen LogP contribution in [0.1, 0.15) is 55.7 Å². The molecule has 0 radical (unpaired) electrons. The molecule has 4 nitrogen and oxygen atoms in total. The van der Waals surface area contributed by atoms with Gasteiger partial charge in [-0.3, -0.25) is 4.79 Å². The highest BCUT2D eigenvalue weighted by Crippen LogP contribution is 2.36. The summed E-state index contributed by atoms with van der Waals surface area (Å²) in [4.78, 5) is 16.4. The highest BCUT2D eigenvalue weighted by molar-refractivity contribution is 5.90. The fourth-order valence-corrected chi connectivity index (χ4v) is 4.42. The van der Waals surface area contributed by atoms with Crippen LogP contribution in [0.15, 0.2) is 24.3 Å². The Balaban J connectivity index is 1.50. The van der Waals surface area contributed by atoms with Crippen LogP contribution < -0.4 is 5.32 Å². The first-order chi connectivity index (χ1) is 11.8. The van der Waals surface area contributed by atoms with Crippen LogP contribution in [-0.2, 0) is 16.0 Å². The van der Waals surface area contributed by atoms with Crippen molar-refractivity contribution >= 4 is 16.8 Å². The lowest BCUT2D eigenvalue weighted by Gasteiger charge is -2.30.